The predicted molar refractivity (Wildman–Crippen MR) is 67.0 cm³/mol. The molecule has 0 aromatic carbocycles. The van der Waals surface area contributed by atoms with Crippen LogP contribution in [0, 0.1) is 0 Å². The highest BCUT2D eigenvalue weighted by Gasteiger charge is 2.28. The molecule has 2 aromatic rings. The summed E-state index contributed by atoms with van der Waals surface area (Å²) < 4.78 is 37.1. The largest absolute Gasteiger partial charge is 0.461 e. The van der Waals surface area contributed by atoms with E-state index in [1.807, 2.05) is 0 Å². The quantitative estimate of drug-likeness (QED) is 0.670. The normalized spacial score (nSPS) is 11.9. The van der Waals surface area contributed by atoms with E-state index in [2.05, 4.69) is 4.98 Å². The highest BCUT2D eigenvalue weighted by molar-refractivity contribution is 7.86. The lowest BCUT2D eigenvalue weighted by molar-refractivity contribution is 0.0515. The Bertz CT molecular complexity index is 715. The summed E-state index contributed by atoms with van der Waals surface area (Å²) in [6.07, 6.45) is 0. The minimum Gasteiger partial charge on any atom is -0.461 e. The summed E-state index contributed by atoms with van der Waals surface area (Å²) in [5.74, 6) is -0.843. The van der Waals surface area contributed by atoms with E-state index >= 15 is 0 Å². The number of aromatic nitrogens is 1. The van der Waals surface area contributed by atoms with Gasteiger partial charge in [0.25, 0.3) is 10.1 Å². The number of nitrogens with one attached hydrogen (secondary N) is 1. The summed E-state index contributed by atoms with van der Waals surface area (Å²) in [5.41, 5.74) is 0.0675. The van der Waals surface area contributed by atoms with Crippen LogP contribution in [0.5, 0.6) is 0 Å². The molecule has 0 radical (unpaired) electrons. The number of esters is 1. The van der Waals surface area contributed by atoms with Crippen LogP contribution in [-0.4, -0.2) is 30.5 Å². The van der Waals surface area contributed by atoms with E-state index in [0.29, 0.717) is 9.85 Å². The summed E-state index contributed by atoms with van der Waals surface area (Å²) in [7, 11) is -4.55. The summed E-state index contributed by atoms with van der Waals surface area (Å²) in [6.45, 7) is 1.68. The molecule has 9 heteroatoms. The second-order valence-corrected chi connectivity index (χ2v) is 6.36. The molecule has 98 valence electrons. The Hall–Kier alpha value is -1.09. The smallest absolute Gasteiger partial charge is 0.356 e. The number of hydrogen-bond donors (Lipinski definition) is 2. The third-order valence-electron chi connectivity index (χ3n) is 2.13. The third-order valence-corrected chi connectivity index (χ3v) is 4.47. The first kappa shape index (κ1) is 13.3. The van der Waals surface area contributed by atoms with Gasteiger partial charge in [-0.25, -0.2) is 4.79 Å². The summed E-state index contributed by atoms with van der Waals surface area (Å²) >= 11 is 6.69. The van der Waals surface area contributed by atoms with Gasteiger partial charge >= 0.3 is 5.97 Å². The molecule has 18 heavy (non-hydrogen) atoms. The maximum absolute atomic E-state index is 11.6. The standard InChI is InChI=1S/C9H8ClNO5S2/c1-2-16-9(12)6-8(18(13,14)15)7-4(11-6)3-5(10)17-7/h3,11H,2H2,1H3,(H,13,14,15). The maximum Gasteiger partial charge on any atom is 0.356 e. The molecule has 0 bridgehead atoms. The van der Waals surface area contributed by atoms with Gasteiger partial charge < -0.3 is 9.72 Å². The Morgan fingerprint density at radius 3 is 2.83 bits per heavy atom. The fourth-order valence-corrected chi connectivity index (χ4v) is 3.83. The van der Waals surface area contributed by atoms with Gasteiger partial charge in [-0.2, -0.15) is 8.42 Å². The molecule has 0 aliphatic rings. The first-order valence-corrected chi connectivity index (χ1v) is 7.43. The Morgan fingerprint density at radius 1 is 1.61 bits per heavy atom. The van der Waals surface area contributed by atoms with Gasteiger partial charge in [0.2, 0.25) is 0 Å². The van der Waals surface area contributed by atoms with E-state index in [-0.39, 0.29) is 17.0 Å². The molecule has 0 fully saturated rings. The number of fused-ring (bicyclic) bond motifs is 1. The fraction of sp³-hybridized carbons (Fsp3) is 0.222. The first-order valence-electron chi connectivity index (χ1n) is 4.80. The zero-order chi connectivity index (χ0) is 13.5. The van der Waals surface area contributed by atoms with E-state index in [0.717, 1.165) is 11.3 Å². The molecule has 2 rings (SSSR count). The Kier molecular flexibility index (Phi) is 3.37. The average Bonchev–Trinajstić information content (AvgIpc) is 2.71. The van der Waals surface area contributed by atoms with Crippen molar-refractivity contribution < 1.29 is 22.5 Å². The van der Waals surface area contributed by atoms with E-state index in [4.69, 9.17) is 16.3 Å². The first-order chi connectivity index (χ1) is 8.34. The van der Waals surface area contributed by atoms with Crippen molar-refractivity contribution in [3.8, 4) is 0 Å². The highest BCUT2D eigenvalue weighted by Crippen LogP contribution is 2.36. The minimum atomic E-state index is -4.55. The number of thiophene rings is 1. The van der Waals surface area contributed by atoms with Crippen molar-refractivity contribution in [2.75, 3.05) is 6.61 Å². The van der Waals surface area contributed by atoms with Gasteiger partial charge in [-0.15, -0.1) is 11.3 Å². The molecule has 0 saturated heterocycles. The van der Waals surface area contributed by atoms with E-state index in [1.165, 1.54) is 6.07 Å². The molecule has 6 nitrogen and oxygen atoms in total. The third kappa shape index (κ3) is 2.24. The van der Waals surface area contributed by atoms with Crippen LogP contribution < -0.4 is 0 Å². The van der Waals surface area contributed by atoms with Gasteiger partial charge in [-0.1, -0.05) is 11.6 Å². The van der Waals surface area contributed by atoms with Gasteiger partial charge in [0.05, 0.1) is 21.2 Å². The van der Waals surface area contributed by atoms with Crippen LogP contribution in [0.25, 0.3) is 10.2 Å². The van der Waals surface area contributed by atoms with Gasteiger partial charge in [0.15, 0.2) is 0 Å². The van der Waals surface area contributed by atoms with Crippen LogP contribution in [0.15, 0.2) is 11.0 Å². The summed E-state index contributed by atoms with van der Waals surface area (Å²) in [5, 5.41) is 0. The molecular weight excluding hydrogens is 302 g/mol. The van der Waals surface area contributed by atoms with Crippen LogP contribution in [0.3, 0.4) is 0 Å². The lowest BCUT2D eigenvalue weighted by Gasteiger charge is -2.01. The van der Waals surface area contributed by atoms with Crippen molar-refractivity contribution in [1.29, 1.82) is 0 Å². The van der Waals surface area contributed by atoms with Crippen molar-refractivity contribution in [3.63, 3.8) is 0 Å². The van der Waals surface area contributed by atoms with Crippen LogP contribution in [0.2, 0.25) is 4.34 Å². The van der Waals surface area contributed by atoms with E-state index in [1.54, 1.807) is 6.92 Å². The second-order valence-electron chi connectivity index (χ2n) is 3.32. The van der Waals surface area contributed by atoms with Gasteiger partial charge in [-0.3, -0.25) is 4.55 Å². The summed E-state index contributed by atoms with van der Waals surface area (Å²) in [4.78, 5) is 13.7. The van der Waals surface area contributed by atoms with Crippen molar-refractivity contribution in [3.05, 3.63) is 16.1 Å². The number of rotatable bonds is 3. The molecule has 0 amide bonds. The van der Waals surface area contributed by atoms with Crippen LogP contribution in [0.4, 0.5) is 0 Å². The molecule has 0 atom stereocenters. The van der Waals surface area contributed by atoms with Crippen molar-refractivity contribution in [2.45, 2.75) is 11.8 Å². The number of halogens is 1. The highest BCUT2D eigenvalue weighted by atomic mass is 35.5. The SMILES string of the molecule is CCOC(=O)c1[nH]c2cc(Cl)sc2c1S(=O)(=O)O. The number of H-pyrrole nitrogens is 1. The van der Waals surface area contributed by atoms with Crippen molar-refractivity contribution in [1.82, 2.24) is 4.98 Å². The van der Waals surface area contributed by atoms with Gasteiger partial charge in [0, 0.05) is 0 Å². The predicted octanol–water partition coefficient (Wildman–Crippen LogP) is 2.31. The number of aromatic amines is 1. The minimum absolute atomic E-state index is 0.0944. The van der Waals surface area contributed by atoms with Crippen LogP contribution in [-0.2, 0) is 14.9 Å². The molecule has 2 N–H and O–H groups in total. The molecule has 2 aromatic heterocycles. The topological polar surface area (TPSA) is 96.5 Å². The number of carbonyl (C=O) groups is 1. The van der Waals surface area contributed by atoms with Crippen molar-refractivity contribution >= 4 is 49.2 Å². The molecule has 0 spiro atoms. The molecule has 0 aliphatic heterocycles. The lowest BCUT2D eigenvalue weighted by Crippen LogP contribution is -2.10. The fourth-order valence-electron chi connectivity index (χ4n) is 1.52. The van der Waals surface area contributed by atoms with Gasteiger partial charge in [-0.05, 0) is 13.0 Å². The molecule has 0 aliphatic carbocycles. The molecule has 0 saturated carbocycles. The van der Waals surface area contributed by atoms with E-state index < -0.39 is 21.0 Å². The van der Waals surface area contributed by atoms with E-state index in [9.17, 15) is 17.8 Å². The monoisotopic (exact) mass is 309 g/mol. The molecule has 0 unspecified atom stereocenters. The zero-order valence-electron chi connectivity index (χ0n) is 9.06. The average molecular weight is 310 g/mol. The Morgan fingerprint density at radius 2 is 2.28 bits per heavy atom. The lowest BCUT2D eigenvalue weighted by atomic mass is 10.4. The molecule has 2 heterocycles. The van der Waals surface area contributed by atoms with Crippen LogP contribution >= 0.6 is 22.9 Å². The number of carbonyl (C=O) groups excluding carboxylic acids is 1. The Balaban J connectivity index is 2.74. The molecular formula is C9H8ClNO5S2. The van der Waals surface area contributed by atoms with Crippen molar-refractivity contribution in [2.24, 2.45) is 0 Å². The maximum atomic E-state index is 11.6. The Labute approximate surface area is 111 Å². The zero-order valence-corrected chi connectivity index (χ0v) is 11.4. The summed E-state index contributed by atoms with van der Waals surface area (Å²) in [6, 6.07) is 1.47. The van der Waals surface area contributed by atoms with Crippen LogP contribution in [0.1, 0.15) is 17.4 Å². The van der Waals surface area contributed by atoms with Gasteiger partial charge in [0.1, 0.15) is 10.6 Å². The second kappa shape index (κ2) is 4.54. The number of hydrogen-bond acceptors (Lipinski definition) is 5. The number of ether oxygens (including phenoxy) is 1.